The number of fused-ring (bicyclic) bond motifs is 5. The van der Waals surface area contributed by atoms with E-state index in [-0.39, 0.29) is 34.4 Å². The minimum absolute atomic E-state index is 0. The van der Waals surface area contributed by atoms with E-state index in [0.29, 0.717) is 17.9 Å². The molecule has 6 rings (SSSR count). The van der Waals surface area contributed by atoms with Crippen molar-refractivity contribution in [1.82, 2.24) is 0 Å². The smallest absolute Gasteiger partial charge is 0.269 e. The molecule has 0 unspecified atom stereocenters. The Kier molecular flexibility index (Phi) is 6.17. The SMILES string of the molecule is COc1ccc2c(Cc3ccc([N+](=O)[O-])cc3)c3[n+](cc2c1OC)CCc1cc2c(cc1-3)OCO2.[Br-]. The lowest BCUT2D eigenvalue weighted by molar-refractivity contribution is -0.686. The van der Waals surface area contributed by atoms with E-state index in [0.717, 1.165) is 57.6 Å². The Morgan fingerprint density at radius 1 is 1.00 bits per heavy atom. The van der Waals surface area contributed by atoms with Crippen molar-refractivity contribution in [3.63, 3.8) is 0 Å². The van der Waals surface area contributed by atoms with Crippen LogP contribution in [-0.4, -0.2) is 25.9 Å². The van der Waals surface area contributed by atoms with Crippen LogP contribution >= 0.6 is 0 Å². The van der Waals surface area contributed by atoms with Gasteiger partial charge in [-0.25, -0.2) is 0 Å². The number of halogens is 1. The first-order chi connectivity index (χ1) is 17.1. The molecule has 0 amide bonds. The van der Waals surface area contributed by atoms with Crippen molar-refractivity contribution in [2.45, 2.75) is 19.4 Å². The summed E-state index contributed by atoms with van der Waals surface area (Å²) in [6.45, 7) is 1.02. The zero-order valence-electron chi connectivity index (χ0n) is 19.7. The minimum atomic E-state index is -0.380. The Bertz CT molecular complexity index is 1500. The van der Waals surface area contributed by atoms with E-state index in [1.54, 1.807) is 26.4 Å². The van der Waals surface area contributed by atoms with E-state index in [1.807, 2.05) is 18.2 Å². The molecule has 0 N–H and O–H groups in total. The molecule has 4 aromatic rings. The van der Waals surface area contributed by atoms with Gasteiger partial charge in [0.15, 0.2) is 35.7 Å². The molecule has 36 heavy (non-hydrogen) atoms. The molecule has 2 aliphatic heterocycles. The second kappa shape index (κ2) is 9.31. The summed E-state index contributed by atoms with van der Waals surface area (Å²) < 4.78 is 24.9. The zero-order chi connectivity index (χ0) is 24.1. The molecule has 0 aliphatic carbocycles. The molecule has 0 atom stereocenters. The van der Waals surface area contributed by atoms with Crippen molar-refractivity contribution >= 4 is 16.5 Å². The first-order valence-electron chi connectivity index (χ1n) is 11.3. The highest BCUT2D eigenvalue weighted by Gasteiger charge is 2.32. The van der Waals surface area contributed by atoms with Crippen LogP contribution in [0.5, 0.6) is 23.0 Å². The standard InChI is InChI=1S/C27H23N2O6.BrH/c1-32-23-8-7-19-21(11-16-3-5-18(6-4-16)29(30)31)26-20-13-25-24(34-15-35-25)12-17(20)9-10-28(26)14-22(19)27(23)33-2;/h3-8,12-14H,9-11,15H2,1-2H3;1H/q+1;/p-1. The van der Waals surface area contributed by atoms with Gasteiger partial charge in [-0.2, -0.15) is 4.57 Å². The van der Waals surface area contributed by atoms with Crippen LogP contribution in [0, 0.1) is 10.1 Å². The van der Waals surface area contributed by atoms with Crippen LogP contribution in [0.3, 0.4) is 0 Å². The normalized spacial score (nSPS) is 12.9. The third-order valence-electron chi connectivity index (χ3n) is 6.77. The molecule has 0 spiro atoms. The van der Waals surface area contributed by atoms with Gasteiger partial charge in [0.05, 0.1) is 30.1 Å². The number of non-ortho nitro benzene ring substituents is 1. The van der Waals surface area contributed by atoms with E-state index in [2.05, 4.69) is 29.0 Å². The highest BCUT2D eigenvalue weighted by atomic mass is 79.9. The van der Waals surface area contributed by atoms with Gasteiger partial charge >= 0.3 is 0 Å². The fourth-order valence-corrected chi connectivity index (χ4v) is 5.13. The molecule has 0 bridgehead atoms. The third kappa shape index (κ3) is 3.80. The molecule has 0 saturated heterocycles. The van der Waals surface area contributed by atoms with E-state index in [1.165, 1.54) is 5.56 Å². The van der Waals surface area contributed by atoms with Crippen LogP contribution in [0.2, 0.25) is 0 Å². The summed E-state index contributed by atoms with van der Waals surface area (Å²) in [7, 11) is 3.28. The first kappa shape index (κ1) is 23.9. The van der Waals surface area contributed by atoms with Gasteiger partial charge in [0.1, 0.15) is 0 Å². The van der Waals surface area contributed by atoms with Crippen molar-refractivity contribution in [3.8, 4) is 34.3 Å². The van der Waals surface area contributed by atoms with Crippen LogP contribution in [0.1, 0.15) is 16.7 Å². The summed E-state index contributed by atoms with van der Waals surface area (Å²) in [5.41, 5.74) is 5.58. The molecule has 0 fully saturated rings. The summed E-state index contributed by atoms with van der Waals surface area (Å²) >= 11 is 0. The van der Waals surface area contributed by atoms with Gasteiger partial charge < -0.3 is 35.9 Å². The van der Waals surface area contributed by atoms with Crippen LogP contribution < -0.4 is 40.5 Å². The van der Waals surface area contributed by atoms with Gasteiger partial charge in [0, 0.05) is 35.9 Å². The van der Waals surface area contributed by atoms with E-state index in [9.17, 15) is 10.1 Å². The molecule has 1 aromatic heterocycles. The molecular weight excluding hydrogens is 528 g/mol. The van der Waals surface area contributed by atoms with Crippen molar-refractivity contribution in [2.75, 3.05) is 21.0 Å². The van der Waals surface area contributed by atoms with Gasteiger partial charge in [-0.3, -0.25) is 10.1 Å². The number of hydrogen-bond donors (Lipinski definition) is 0. The maximum atomic E-state index is 11.2. The average molecular weight is 551 g/mol. The van der Waals surface area contributed by atoms with Gasteiger partial charge in [0.2, 0.25) is 12.5 Å². The number of nitro benzene ring substituents is 1. The second-order valence-electron chi connectivity index (χ2n) is 8.62. The summed E-state index contributed by atoms with van der Waals surface area (Å²) in [4.78, 5) is 10.8. The van der Waals surface area contributed by atoms with E-state index >= 15 is 0 Å². The van der Waals surface area contributed by atoms with Gasteiger partial charge in [-0.1, -0.05) is 12.1 Å². The largest absolute Gasteiger partial charge is 1.00 e. The highest BCUT2D eigenvalue weighted by molar-refractivity contribution is 5.95. The number of nitrogens with zero attached hydrogens (tertiary/aromatic N) is 2. The van der Waals surface area contributed by atoms with E-state index in [4.69, 9.17) is 18.9 Å². The van der Waals surface area contributed by atoms with Crippen LogP contribution in [0.15, 0.2) is 54.7 Å². The van der Waals surface area contributed by atoms with Crippen LogP contribution in [0.4, 0.5) is 5.69 Å². The topological polar surface area (TPSA) is 83.9 Å². The number of nitro groups is 1. The first-order valence-corrected chi connectivity index (χ1v) is 11.3. The highest BCUT2D eigenvalue weighted by Crippen LogP contribution is 2.44. The van der Waals surface area contributed by atoms with Crippen molar-refractivity contribution in [3.05, 3.63) is 81.5 Å². The van der Waals surface area contributed by atoms with Crippen LogP contribution in [0.25, 0.3) is 22.0 Å². The second-order valence-corrected chi connectivity index (χ2v) is 8.62. The molecular formula is C27H23BrN2O6. The Labute approximate surface area is 217 Å². The monoisotopic (exact) mass is 550 g/mol. The van der Waals surface area contributed by atoms with Crippen molar-refractivity contribution in [2.24, 2.45) is 0 Å². The molecule has 9 heteroatoms. The molecule has 0 radical (unpaired) electrons. The lowest BCUT2D eigenvalue weighted by Gasteiger charge is -2.21. The predicted molar refractivity (Wildman–Crippen MR) is 128 cm³/mol. The quantitative estimate of drug-likeness (QED) is 0.213. The lowest BCUT2D eigenvalue weighted by Crippen LogP contribution is -3.00. The summed E-state index contributed by atoms with van der Waals surface area (Å²) in [5.74, 6) is 2.87. The average Bonchev–Trinajstić information content (AvgIpc) is 3.34. The Morgan fingerprint density at radius 3 is 2.44 bits per heavy atom. The summed E-state index contributed by atoms with van der Waals surface area (Å²) in [6.07, 6.45) is 3.57. The van der Waals surface area contributed by atoms with Crippen molar-refractivity contribution in [1.29, 1.82) is 0 Å². The number of pyridine rings is 1. The Balaban J connectivity index is 0.00000267. The number of hydrogen-bond acceptors (Lipinski definition) is 6. The number of rotatable bonds is 5. The Morgan fingerprint density at radius 2 is 1.75 bits per heavy atom. The van der Waals surface area contributed by atoms with Gasteiger partial charge in [0.25, 0.3) is 5.69 Å². The summed E-state index contributed by atoms with van der Waals surface area (Å²) in [5, 5.41) is 13.1. The van der Waals surface area contributed by atoms with Gasteiger partial charge in [-0.05, 0) is 35.4 Å². The summed E-state index contributed by atoms with van der Waals surface area (Å²) in [6, 6.07) is 14.9. The molecule has 3 aromatic carbocycles. The molecule has 0 saturated carbocycles. The number of methoxy groups -OCH3 is 2. The van der Waals surface area contributed by atoms with E-state index < -0.39 is 0 Å². The van der Waals surface area contributed by atoms with Gasteiger partial charge in [-0.15, -0.1) is 0 Å². The number of ether oxygens (including phenoxy) is 4. The maximum absolute atomic E-state index is 11.2. The van der Waals surface area contributed by atoms with Crippen molar-refractivity contribution < 1.29 is 45.4 Å². The maximum Gasteiger partial charge on any atom is 0.269 e. The number of benzene rings is 3. The number of aryl methyl sites for hydroxylation is 2. The number of aromatic nitrogens is 1. The fraction of sp³-hybridized carbons (Fsp3) is 0.222. The lowest BCUT2D eigenvalue weighted by atomic mass is 9.88. The molecule has 184 valence electrons. The fourth-order valence-electron chi connectivity index (χ4n) is 5.13. The predicted octanol–water partition coefficient (Wildman–Crippen LogP) is 1.60. The molecule has 8 nitrogen and oxygen atoms in total. The molecule has 3 heterocycles. The minimum Gasteiger partial charge on any atom is -1.00 e. The third-order valence-corrected chi connectivity index (χ3v) is 6.77. The Hall–Kier alpha value is -3.85. The zero-order valence-corrected chi connectivity index (χ0v) is 21.3. The molecule has 2 aliphatic rings. The van der Waals surface area contributed by atoms with Crippen LogP contribution in [-0.2, 0) is 19.4 Å².